The number of aromatic nitrogens is 2. The van der Waals surface area contributed by atoms with Crippen LogP contribution in [0, 0.1) is 11.3 Å². The van der Waals surface area contributed by atoms with Gasteiger partial charge in [-0.15, -0.1) is 5.10 Å². The summed E-state index contributed by atoms with van der Waals surface area (Å²) in [5.74, 6) is 0.0914. The highest BCUT2D eigenvalue weighted by molar-refractivity contribution is 7.08. The lowest BCUT2D eigenvalue weighted by Gasteiger charge is -2.05. The molecule has 0 unspecified atom stereocenters. The second kappa shape index (κ2) is 6.97. The van der Waals surface area contributed by atoms with Crippen LogP contribution in [-0.2, 0) is 0 Å². The van der Waals surface area contributed by atoms with Crippen molar-refractivity contribution in [3.05, 3.63) is 10.6 Å². The maximum absolute atomic E-state index is 11.8. The topological polar surface area (TPSA) is 78.7 Å². The maximum atomic E-state index is 11.8. The van der Waals surface area contributed by atoms with Gasteiger partial charge in [0.1, 0.15) is 4.88 Å². The van der Waals surface area contributed by atoms with Crippen LogP contribution in [0.1, 0.15) is 54.4 Å². The average molecular weight is 252 g/mol. The Hall–Kier alpha value is -1.48. The Morgan fingerprint density at radius 2 is 2.29 bits per heavy atom. The molecule has 1 amide bonds. The van der Waals surface area contributed by atoms with Crippen molar-refractivity contribution in [2.45, 2.75) is 39.0 Å². The summed E-state index contributed by atoms with van der Waals surface area (Å²) in [6, 6.07) is 2.08. The molecule has 0 saturated heterocycles. The van der Waals surface area contributed by atoms with E-state index in [9.17, 15) is 4.79 Å². The van der Waals surface area contributed by atoms with Crippen molar-refractivity contribution in [3.8, 4) is 6.07 Å². The summed E-state index contributed by atoms with van der Waals surface area (Å²) in [5, 5.41) is 15.2. The SMILES string of the molecule is CC(C)c1nnsc1C(=O)NCCCCC#N. The van der Waals surface area contributed by atoms with Crippen LogP contribution in [-0.4, -0.2) is 22.0 Å². The van der Waals surface area contributed by atoms with E-state index in [0.717, 1.165) is 30.1 Å². The first kappa shape index (κ1) is 13.6. The van der Waals surface area contributed by atoms with Crippen molar-refractivity contribution in [1.82, 2.24) is 14.9 Å². The monoisotopic (exact) mass is 252 g/mol. The van der Waals surface area contributed by atoms with Gasteiger partial charge in [0.15, 0.2) is 0 Å². The van der Waals surface area contributed by atoms with Gasteiger partial charge >= 0.3 is 0 Å². The Morgan fingerprint density at radius 1 is 1.53 bits per heavy atom. The van der Waals surface area contributed by atoms with Gasteiger partial charge in [0.05, 0.1) is 11.8 Å². The number of nitrogens with zero attached hydrogens (tertiary/aromatic N) is 3. The summed E-state index contributed by atoms with van der Waals surface area (Å²) in [4.78, 5) is 12.4. The Morgan fingerprint density at radius 3 is 2.94 bits per heavy atom. The molecule has 0 atom stereocenters. The molecule has 1 rings (SSSR count). The molecule has 1 heterocycles. The number of nitriles is 1. The van der Waals surface area contributed by atoms with Crippen LogP contribution in [0.5, 0.6) is 0 Å². The molecular weight excluding hydrogens is 236 g/mol. The number of unbranched alkanes of at least 4 members (excludes halogenated alkanes) is 2. The second-order valence-corrected chi connectivity index (χ2v) is 4.77. The lowest BCUT2D eigenvalue weighted by molar-refractivity contribution is 0.0955. The standard InChI is InChI=1S/C11H16N4OS/c1-8(2)9-10(17-15-14-9)11(16)13-7-5-3-4-6-12/h8H,3-5,7H2,1-2H3,(H,13,16). The van der Waals surface area contributed by atoms with E-state index in [-0.39, 0.29) is 11.8 Å². The minimum absolute atomic E-state index is 0.111. The quantitative estimate of drug-likeness (QED) is 0.786. The molecule has 0 aliphatic carbocycles. The molecule has 0 spiro atoms. The molecule has 0 aliphatic heterocycles. The van der Waals surface area contributed by atoms with Crippen molar-refractivity contribution in [3.63, 3.8) is 0 Å². The predicted octanol–water partition coefficient (Wildman–Crippen LogP) is 2.09. The van der Waals surface area contributed by atoms with Crippen LogP contribution < -0.4 is 5.32 Å². The van der Waals surface area contributed by atoms with Crippen molar-refractivity contribution >= 4 is 17.4 Å². The molecule has 6 heteroatoms. The number of amides is 1. The van der Waals surface area contributed by atoms with Crippen molar-refractivity contribution in [1.29, 1.82) is 5.26 Å². The van der Waals surface area contributed by atoms with Crippen molar-refractivity contribution < 1.29 is 4.79 Å². The van der Waals surface area contributed by atoms with Gasteiger partial charge in [0.25, 0.3) is 5.91 Å². The van der Waals surface area contributed by atoms with Crippen LogP contribution in [0.25, 0.3) is 0 Å². The number of carbonyl (C=O) groups is 1. The summed E-state index contributed by atoms with van der Waals surface area (Å²) in [6.07, 6.45) is 2.17. The van der Waals surface area contributed by atoms with Gasteiger partial charge in [-0.25, -0.2) is 0 Å². The number of hydrogen-bond acceptors (Lipinski definition) is 5. The minimum Gasteiger partial charge on any atom is -0.351 e. The van der Waals surface area contributed by atoms with Crippen LogP contribution in [0.3, 0.4) is 0 Å². The summed E-state index contributed by atoms with van der Waals surface area (Å²) in [7, 11) is 0. The van der Waals surface area contributed by atoms with Gasteiger partial charge in [-0.05, 0) is 30.3 Å². The smallest absolute Gasteiger partial charge is 0.264 e. The van der Waals surface area contributed by atoms with E-state index < -0.39 is 0 Å². The molecule has 0 aromatic carbocycles. The molecule has 1 aromatic rings. The first-order valence-electron chi connectivity index (χ1n) is 5.64. The fourth-order valence-electron chi connectivity index (χ4n) is 1.34. The highest BCUT2D eigenvalue weighted by Gasteiger charge is 2.17. The van der Waals surface area contributed by atoms with Gasteiger partial charge < -0.3 is 5.32 Å². The molecule has 92 valence electrons. The van der Waals surface area contributed by atoms with Crippen LogP contribution in [0.4, 0.5) is 0 Å². The van der Waals surface area contributed by atoms with Crippen LogP contribution >= 0.6 is 11.5 Å². The van der Waals surface area contributed by atoms with E-state index in [2.05, 4.69) is 21.0 Å². The van der Waals surface area contributed by atoms with Crippen LogP contribution in [0.15, 0.2) is 0 Å². The fraction of sp³-hybridized carbons (Fsp3) is 0.636. The summed E-state index contributed by atoms with van der Waals surface area (Å²) < 4.78 is 3.81. The molecule has 17 heavy (non-hydrogen) atoms. The number of nitrogens with one attached hydrogen (secondary N) is 1. The van der Waals surface area contributed by atoms with E-state index >= 15 is 0 Å². The Bertz CT molecular complexity index is 408. The first-order valence-corrected chi connectivity index (χ1v) is 6.41. The molecule has 0 radical (unpaired) electrons. The van der Waals surface area contributed by atoms with Crippen molar-refractivity contribution in [2.24, 2.45) is 0 Å². The Kier molecular flexibility index (Phi) is 5.57. The third-order valence-corrected chi connectivity index (χ3v) is 3.01. The second-order valence-electron chi connectivity index (χ2n) is 4.01. The first-order chi connectivity index (χ1) is 8.16. The van der Waals surface area contributed by atoms with Gasteiger partial charge in [0.2, 0.25) is 0 Å². The van der Waals surface area contributed by atoms with E-state index in [0.29, 0.717) is 17.8 Å². The summed E-state index contributed by atoms with van der Waals surface area (Å²) in [5.41, 5.74) is 0.754. The molecule has 1 N–H and O–H groups in total. The number of rotatable bonds is 6. The molecule has 5 nitrogen and oxygen atoms in total. The van der Waals surface area contributed by atoms with Crippen molar-refractivity contribution in [2.75, 3.05) is 6.54 Å². The predicted molar refractivity (Wildman–Crippen MR) is 65.8 cm³/mol. The Labute approximate surface area is 105 Å². The number of hydrogen-bond donors (Lipinski definition) is 1. The fourth-order valence-corrected chi connectivity index (χ4v) is 2.08. The van der Waals surface area contributed by atoms with Crippen LogP contribution in [0.2, 0.25) is 0 Å². The van der Waals surface area contributed by atoms with Gasteiger partial charge in [-0.1, -0.05) is 18.3 Å². The van der Waals surface area contributed by atoms with E-state index in [1.165, 1.54) is 0 Å². The molecular formula is C11H16N4OS. The molecule has 0 bridgehead atoms. The van der Waals surface area contributed by atoms with Gasteiger partial charge in [-0.3, -0.25) is 4.79 Å². The molecule has 0 saturated carbocycles. The zero-order valence-corrected chi connectivity index (χ0v) is 10.9. The normalized spacial score (nSPS) is 10.2. The van der Waals surface area contributed by atoms with E-state index in [4.69, 9.17) is 5.26 Å². The lowest BCUT2D eigenvalue weighted by atomic mass is 10.1. The highest BCUT2D eigenvalue weighted by atomic mass is 32.1. The summed E-state index contributed by atoms with van der Waals surface area (Å²) >= 11 is 1.13. The third kappa shape index (κ3) is 4.11. The Balaban J connectivity index is 2.42. The van der Waals surface area contributed by atoms with E-state index in [1.54, 1.807) is 0 Å². The average Bonchev–Trinajstić information content (AvgIpc) is 2.77. The molecule has 1 aromatic heterocycles. The van der Waals surface area contributed by atoms with Gasteiger partial charge in [0, 0.05) is 13.0 Å². The number of carbonyl (C=O) groups excluding carboxylic acids is 1. The zero-order valence-electron chi connectivity index (χ0n) is 10.1. The van der Waals surface area contributed by atoms with Gasteiger partial charge in [-0.2, -0.15) is 5.26 Å². The highest BCUT2D eigenvalue weighted by Crippen LogP contribution is 2.19. The lowest BCUT2D eigenvalue weighted by Crippen LogP contribution is -2.24. The third-order valence-electron chi connectivity index (χ3n) is 2.27. The molecule has 0 fully saturated rings. The molecule has 0 aliphatic rings. The maximum Gasteiger partial charge on any atom is 0.264 e. The largest absolute Gasteiger partial charge is 0.351 e. The zero-order chi connectivity index (χ0) is 12.7. The van der Waals surface area contributed by atoms with E-state index in [1.807, 2.05) is 13.8 Å². The minimum atomic E-state index is -0.111. The summed E-state index contributed by atoms with van der Waals surface area (Å²) in [6.45, 7) is 4.57.